The summed E-state index contributed by atoms with van der Waals surface area (Å²) in [5.41, 5.74) is 6.77. The van der Waals surface area contributed by atoms with Gasteiger partial charge in [-0.15, -0.1) is 0 Å². The van der Waals surface area contributed by atoms with Gasteiger partial charge in [-0.25, -0.2) is 4.98 Å². The second-order valence-corrected chi connectivity index (χ2v) is 4.33. The van der Waals surface area contributed by atoms with Crippen molar-refractivity contribution in [2.45, 2.75) is 0 Å². The molecule has 98 valence electrons. The number of anilines is 2. The van der Waals surface area contributed by atoms with Crippen LogP contribution in [0.4, 0.5) is 11.5 Å². The van der Waals surface area contributed by atoms with E-state index in [1.54, 1.807) is 24.5 Å². The SMILES string of the molecule is Nc1cc(C(=O)Nc2cccc3ccncc23)ccn1. The molecule has 20 heavy (non-hydrogen) atoms. The summed E-state index contributed by atoms with van der Waals surface area (Å²) < 4.78 is 0. The van der Waals surface area contributed by atoms with Crippen molar-refractivity contribution in [2.75, 3.05) is 11.1 Å². The number of nitrogen functional groups attached to an aromatic ring is 1. The van der Waals surface area contributed by atoms with Crippen LogP contribution in [0.2, 0.25) is 0 Å². The molecule has 0 bridgehead atoms. The molecule has 0 saturated heterocycles. The highest BCUT2D eigenvalue weighted by molar-refractivity contribution is 6.09. The Balaban J connectivity index is 1.95. The summed E-state index contributed by atoms with van der Waals surface area (Å²) in [6, 6.07) is 10.8. The fourth-order valence-corrected chi connectivity index (χ4v) is 2.01. The van der Waals surface area contributed by atoms with Crippen LogP contribution >= 0.6 is 0 Å². The second-order valence-electron chi connectivity index (χ2n) is 4.33. The Kier molecular flexibility index (Phi) is 3.01. The second kappa shape index (κ2) is 4.97. The van der Waals surface area contributed by atoms with Gasteiger partial charge in [0.1, 0.15) is 5.82 Å². The molecule has 0 radical (unpaired) electrons. The summed E-state index contributed by atoms with van der Waals surface area (Å²) in [4.78, 5) is 20.1. The van der Waals surface area contributed by atoms with Gasteiger partial charge in [-0.05, 0) is 29.7 Å². The van der Waals surface area contributed by atoms with Crippen molar-refractivity contribution < 1.29 is 4.79 Å². The average Bonchev–Trinajstić information content (AvgIpc) is 2.47. The number of amides is 1. The van der Waals surface area contributed by atoms with Crippen molar-refractivity contribution in [1.29, 1.82) is 0 Å². The standard InChI is InChI=1S/C15H12N4O/c16-14-8-11(5-7-18-14)15(20)19-13-3-1-2-10-4-6-17-9-12(10)13/h1-9H,(H2,16,18)(H,19,20). The van der Waals surface area contributed by atoms with Gasteiger partial charge >= 0.3 is 0 Å². The normalized spacial score (nSPS) is 10.4. The van der Waals surface area contributed by atoms with E-state index < -0.39 is 0 Å². The lowest BCUT2D eigenvalue weighted by Crippen LogP contribution is -2.12. The largest absolute Gasteiger partial charge is 0.384 e. The van der Waals surface area contributed by atoms with Crippen molar-refractivity contribution in [3.05, 3.63) is 60.6 Å². The maximum Gasteiger partial charge on any atom is 0.255 e. The van der Waals surface area contributed by atoms with E-state index in [9.17, 15) is 4.79 Å². The van der Waals surface area contributed by atoms with Crippen molar-refractivity contribution in [2.24, 2.45) is 0 Å². The number of carbonyl (C=O) groups excluding carboxylic acids is 1. The molecule has 0 aliphatic rings. The van der Waals surface area contributed by atoms with Gasteiger partial charge in [-0.3, -0.25) is 9.78 Å². The first-order valence-electron chi connectivity index (χ1n) is 6.10. The molecule has 0 spiro atoms. The summed E-state index contributed by atoms with van der Waals surface area (Å²) in [6.45, 7) is 0. The van der Waals surface area contributed by atoms with Crippen LogP contribution in [0.5, 0.6) is 0 Å². The van der Waals surface area contributed by atoms with E-state index in [2.05, 4.69) is 15.3 Å². The minimum Gasteiger partial charge on any atom is -0.384 e. The number of carbonyl (C=O) groups is 1. The zero-order valence-electron chi connectivity index (χ0n) is 10.6. The van der Waals surface area contributed by atoms with Crippen LogP contribution in [0.25, 0.3) is 10.8 Å². The topological polar surface area (TPSA) is 80.9 Å². The van der Waals surface area contributed by atoms with Gasteiger partial charge in [-0.2, -0.15) is 0 Å². The zero-order chi connectivity index (χ0) is 13.9. The predicted molar refractivity (Wildman–Crippen MR) is 78.3 cm³/mol. The first kappa shape index (κ1) is 12.1. The van der Waals surface area contributed by atoms with Crippen LogP contribution in [-0.2, 0) is 0 Å². The van der Waals surface area contributed by atoms with E-state index in [1.807, 2.05) is 24.3 Å². The average molecular weight is 264 g/mol. The number of nitrogens with two attached hydrogens (primary N) is 1. The van der Waals surface area contributed by atoms with Crippen LogP contribution in [-0.4, -0.2) is 15.9 Å². The Morgan fingerprint density at radius 3 is 2.90 bits per heavy atom. The van der Waals surface area contributed by atoms with Crippen molar-refractivity contribution in [3.8, 4) is 0 Å². The number of aromatic nitrogens is 2. The molecule has 0 saturated carbocycles. The first-order chi connectivity index (χ1) is 9.74. The molecule has 3 N–H and O–H groups in total. The minimum absolute atomic E-state index is 0.226. The lowest BCUT2D eigenvalue weighted by Gasteiger charge is -2.08. The summed E-state index contributed by atoms with van der Waals surface area (Å²) >= 11 is 0. The molecule has 0 unspecified atom stereocenters. The Bertz CT molecular complexity index is 780. The lowest BCUT2D eigenvalue weighted by molar-refractivity contribution is 0.102. The number of hydrogen-bond donors (Lipinski definition) is 2. The van der Waals surface area contributed by atoms with Gasteiger partial charge in [0.05, 0.1) is 5.69 Å². The molecular weight excluding hydrogens is 252 g/mol. The Hall–Kier alpha value is -2.95. The maximum atomic E-state index is 12.2. The third-order valence-electron chi connectivity index (χ3n) is 2.98. The van der Waals surface area contributed by atoms with E-state index in [4.69, 9.17) is 5.73 Å². The highest BCUT2D eigenvalue weighted by atomic mass is 16.1. The molecule has 2 heterocycles. The molecule has 1 aromatic carbocycles. The molecule has 3 rings (SSSR count). The number of benzene rings is 1. The van der Waals surface area contributed by atoms with E-state index >= 15 is 0 Å². The monoisotopic (exact) mass is 264 g/mol. The van der Waals surface area contributed by atoms with Gasteiger partial charge < -0.3 is 11.1 Å². The molecule has 0 aliphatic carbocycles. The molecule has 3 aromatic rings. The van der Waals surface area contributed by atoms with Crippen molar-refractivity contribution in [1.82, 2.24) is 9.97 Å². The molecule has 0 atom stereocenters. The number of rotatable bonds is 2. The Morgan fingerprint density at radius 1 is 1.15 bits per heavy atom. The first-order valence-corrected chi connectivity index (χ1v) is 6.10. The Labute approximate surface area is 115 Å². The van der Waals surface area contributed by atoms with E-state index in [0.29, 0.717) is 11.4 Å². The fourth-order valence-electron chi connectivity index (χ4n) is 2.01. The molecule has 2 aromatic heterocycles. The van der Waals surface area contributed by atoms with Gasteiger partial charge in [0, 0.05) is 29.5 Å². The molecular formula is C15H12N4O. The summed E-state index contributed by atoms with van der Waals surface area (Å²) in [5, 5.41) is 4.78. The highest BCUT2D eigenvalue weighted by Gasteiger charge is 2.08. The van der Waals surface area contributed by atoms with E-state index in [0.717, 1.165) is 16.5 Å². The number of nitrogens with one attached hydrogen (secondary N) is 1. The van der Waals surface area contributed by atoms with Gasteiger partial charge in [0.15, 0.2) is 0 Å². The smallest absolute Gasteiger partial charge is 0.255 e. The van der Waals surface area contributed by atoms with Crippen molar-refractivity contribution in [3.63, 3.8) is 0 Å². The fraction of sp³-hybridized carbons (Fsp3) is 0. The minimum atomic E-state index is -0.226. The van der Waals surface area contributed by atoms with Crippen LogP contribution < -0.4 is 11.1 Å². The highest BCUT2D eigenvalue weighted by Crippen LogP contribution is 2.22. The lowest BCUT2D eigenvalue weighted by atomic mass is 10.1. The quantitative estimate of drug-likeness (QED) is 0.745. The van der Waals surface area contributed by atoms with E-state index in [-0.39, 0.29) is 5.91 Å². The number of hydrogen-bond acceptors (Lipinski definition) is 4. The van der Waals surface area contributed by atoms with Gasteiger partial charge in [-0.1, -0.05) is 12.1 Å². The number of nitrogens with zero attached hydrogens (tertiary/aromatic N) is 2. The molecule has 0 fully saturated rings. The van der Waals surface area contributed by atoms with Crippen LogP contribution in [0.3, 0.4) is 0 Å². The van der Waals surface area contributed by atoms with Crippen molar-refractivity contribution >= 4 is 28.2 Å². The molecule has 5 heteroatoms. The zero-order valence-corrected chi connectivity index (χ0v) is 10.6. The predicted octanol–water partition coefficient (Wildman–Crippen LogP) is 2.46. The molecule has 0 aliphatic heterocycles. The van der Waals surface area contributed by atoms with Crippen LogP contribution in [0.15, 0.2) is 55.0 Å². The van der Waals surface area contributed by atoms with E-state index in [1.165, 1.54) is 6.20 Å². The number of fused-ring (bicyclic) bond motifs is 1. The van der Waals surface area contributed by atoms with Crippen LogP contribution in [0, 0.1) is 0 Å². The molecule has 5 nitrogen and oxygen atoms in total. The Morgan fingerprint density at radius 2 is 2.05 bits per heavy atom. The summed E-state index contributed by atoms with van der Waals surface area (Å²) in [5.74, 6) is 0.0905. The van der Waals surface area contributed by atoms with Crippen LogP contribution in [0.1, 0.15) is 10.4 Å². The van der Waals surface area contributed by atoms with Gasteiger partial charge in [0.25, 0.3) is 5.91 Å². The summed E-state index contributed by atoms with van der Waals surface area (Å²) in [6.07, 6.45) is 4.96. The maximum absolute atomic E-state index is 12.2. The third-order valence-corrected chi connectivity index (χ3v) is 2.98. The number of pyridine rings is 2. The third kappa shape index (κ3) is 2.29. The summed E-state index contributed by atoms with van der Waals surface area (Å²) in [7, 11) is 0. The van der Waals surface area contributed by atoms with Gasteiger partial charge in [0.2, 0.25) is 0 Å². The molecule has 1 amide bonds.